The summed E-state index contributed by atoms with van der Waals surface area (Å²) in [5, 5.41) is 0. The van der Waals surface area contributed by atoms with Gasteiger partial charge in [-0.05, 0) is 25.0 Å². The molecule has 0 bridgehead atoms. The first-order valence-electron chi connectivity index (χ1n) is 5.56. The Kier molecular flexibility index (Phi) is 3.69. The van der Waals surface area contributed by atoms with Crippen LogP contribution in [-0.2, 0) is 11.3 Å². The van der Waals surface area contributed by atoms with Crippen LogP contribution in [-0.4, -0.2) is 36.2 Å². The Morgan fingerprint density at radius 3 is 3.07 bits per heavy atom. The summed E-state index contributed by atoms with van der Waals surface area (Å²) in [4.78, 5) is 6.83. The molecule has 1 fully saturated rings. The van der Waals surface area contributed by atoms with Gasteiger partial charge in [-0.2, -0.15) is 0 Å². The van der Waals surface area contributed by atoms with E-state index in [0.29, 0.717) is 0 Å². The Bertz CT molecular complexity index is 289. The molecule has 3 heteroatoms. The van der Waals surface area contributed by atoms with Gasteiger partial charge in [-0.1, -0.05) is 6.07 Å². The number of ether oxygens (including phenoxy) is 1. The Labute approximate surface area is 91.1 Å². The lowest BCUT2D eigenvalue weighted by molar-refractivity contribution is 0.140. The normalized spacial score (nSPS) is 18.7. The average molecular weight is 206 g/mol. The minimum atomic E-state index is 0.853. The van der Waals surface area contributed by atoms with Crippen LogP contribution in [0.5, 0.6) is 0 Å². The molecule has 82 valence electrons. The molecule has 0 aromatic carbocycles. The fourth-order valence-corrected chi connectivity index (χ4v) is 1.78. The number of aromatic nitrogens is 1. The van der Waals surface area contributed by atoms with Gasteiger partial charge in [0, 0.05) is 32.4 Å². The molecule has 3 nitrogen and oxygen atoms in total. The topological polar surface area (TPSA) is 25.4 Å². The van der Waals surface area contributed by atoms with Gasteiger partial charge in [0.05, 0.1) is 12.3 Å². The van der Waals surface area contributed by atoms with E-state index in [-0.39, 0.29) is 0 Å². The van der Waals surface area contributed by atoms with E-state index < -0.39 is 0 Å². The molecule has 0 unspecified atom stereocenters. The highest BCUT2D eigenvalue weighted by molar-refractivity contribution is 5.12. The van der Waals surface area contributed by atoms with Crippen molar-refractivity contribution in [3.05, 3.63) is 29.6 Å². The predicted molar refractivity (Wildman–Crippen MR) is 59.7 cm³/mol. The van der Waals surface area contributed by atoms with E-state index in [2.05, 4.69) is 28.9 Å². The van der Waals surface area contributed by atoms with Crippen LogP contribution in [0, 0.1) is 6.92 Å². The van der Waals surface area contributed by atoms with Gasteiger partial charge in [0.2, 0.25) is 0 Å². The number of nitrogens with zero attached hydrogens (tertiary/aromatic N) is 2. The van der Waals surface area contributed by atoms with Crippen LogP contribution in [0.2, 0.25) is 0 Å². The lowest BCUT2D eigenvalue weighted by Gasteiger charge is -2.18. The summed E-state index contributed by atoms with van der Waals surface area (Å²) in [6, 6.07) is 4.23. The second kappa shape index (κ2) is 5.24. The molecule has 0 spiro atoms. The van der Waals surface area contributed by atoms with Crippen LogP contribution in [0.1, 0.15) is 17.7 Å². The molecule has 1 aliphatic heterocycles. The van der Waals surface area contributed by atoms with E-state index in [1.807, 2.05) is 6.20 Å². The number of rotatable bonds is 2. The molecule has 2 heterocycles. The predicted octanol–water partition coefficient (Wildman–Crippen LogP) is 1.61. The summed E-state index contributed by atoms with van der Waals surface area (Å²) in [5.74, 6) is 0. The van der Waals surface area contributed by atoms with Crippen molar-refractivity contribution < 1.29 is 4.74 Å². The van der Waals surface area contributed by atoms with Gasteiger partial charge in [-0.15, -0.1) is 0 Å². The van der Waals surface area contributed by atoms with Crippen LogP contribution < -0.4 is 0 Å². The van der Waals surface area contributed by atoms with Crippen LogP contribution in [0.3, 0.4) is 0 Å². The van der Waals surface area contributed by atoms with E-state index in [1.165, 1.54) is 5.56 Å². The summed E-state index contributed by atoms with van der Waals surface area (Å²) in [7, 11) is 0. The first-order valence-corrected chi connectivity index (χ1v) is 5.56. The molecule has 1 aromatic rings. The summed E-state index contributed by atoms with van der Waals surface area (Å²) in [6.07, 6.45) is 3.06. The van der Waals surface area contributed by atoms with Crippen molar-refractivity contribution in [1.82, 2.24) is 9.88 Å². The highest BCUT2D eigenvalue weighted by Crippen LogP contribution is 2.06. The summed E-state index contributed by atoms with van der Waals surface area (Å²) in [5.41, 5.74) is 2.38. The van der Waals surface area contributed by atoms with Crippen LogP contribution in [0.15, 0.2) is 18.3 Å². The van der Waals surface area contributed by atoms with Gasteiger partial charge in [0.15, 0.2) is 0 Å². The van der Waals surface area contributed by atoms with Crippen molar-refractivity contribution >= 4 is 0 Å². The van der Waals surface area contributed by atoms with Gasteiger partial charge in [0.1, 0.15) is 0 Å². The minimum Gasteiger partial charge on any atom is -0.380 e. The zero-order valence-corrected chi connectivity index (χ0v) is 9.28. The first-order chi connectivity index (χ1) is 7.34. The molecule has 0 saturated carbocycles. The van der Waals surface area contributed by atoms with Gasteiger partial charge in [-0.3, -0.25) is 9.88 Å². The minimum absolute atomic E-state index is 0.853. The first kappa shape index (κ1) is 10.6. The standard InChI is InChI=1S/C12H18N2O/c1-11-3-4-12(13-9-11)10-14-5-2-7-15-8-6-14/h3-4,9H,2,5-8,10H2,1H3. The quantitative estimate of drug-likeness (QED) is 0.735. The third kappa shape index (κ3) is 3.29. The molecular formula is C12H18N2O. The second-order valence-electron chi connectivity index (χ2n) is 4.07. The fourth-order valence-electron chi connectivity index (χ4n) is 1.78. The zero-order chi connectivity index (χ0) is 10.5. The highest BCUT2D eigenvalue weighted by atomic mass is 16.5. The van der Waals surface area contributed by atoms with Crippen molar-refractivity contribution in [3.8, 4) is 0 Å². The van der Waals surface area contributed by atoms with Crippen molar-refractivity contribution in [1.29, 1.82) is 0 Å². The molecule has 0 amide bonds. The summed E-state index contributed by atoms with van der Waals surface area (Å²) < 4.78 is 5.42. The van der Waals surface area contributed by atoms with Crippen molar-refractivity contribution in [2.75, 3.05) is 26.3 Å². The lowest BCUT2D eigenvalue weighted by Crippen LogP contribution is -2.26. The molecule has 1 aliphatic rings. The highest BCUT2D eigenvalue weighted by Gasteiger charge is 2.09. The number of pyridine rings is 1. The van der Waals surface area contributed by atoms with Gasteiger partial charge < -0.3 is 4.74 Å². The summed E-state index contributed by atoms with van der Waals surface area (Å²) >= 11 is 0. The molecule has 15 heavy (non-hydrogen) atoms. The third-order valence-corrected chi connectivity index (χ3v) is 2.67. The average Bonchev–Trinajstić information content (AvgIpc) is 2.50. The second-order valence-corrected chi connectivity index (χ2v) is 4.07. The van der Waals surface area contributed by atoms with Gasteiger partial charge >= 0.3 is 0 Å². The zero-order valence-electron chi connectivity index (χ0n) is 9.28. The Hall–Kier alpha value is -0.930. The Morgan fingerprint density at radius 2 is 2.27 bits per heavy atom. The Morgan fingerprint density at radius 1 is 1.33 bits per heavy atom. The summed E-state index contributed by atoms with van der Waals surface area (Å²) in [6.45, 7) is 6.91. The number of hydrogen-bond donors (Lipinski definition) is 0. The maximum Gasteiger partial charge on any atom is 0.0593 e. The smallest absolute Gasteiger partial charge is 0.0593 e. The van der Waals surface area contributed by atoms with E-state index in [1.54, 1.807) is 0 Å². The van der Waals surface area contributed by atoms with Crippen molar-refractivity contribution in [2.45, 2.75) is 19.9 Å². The molecule has 2 rings (SSSR count). The largest absolute Gasteiger partial charge is 0.380 e. The monoisotopic (exact) mass is 206 g/mol. The maximum atomic E-state index is 5.42. The SMILES string of the molecule is Cc1ccc(CN2CCCOCC2)nc1. The number of aryl methyl sites for hydroxylation is 1. The van der Waals surface area contributed by atoms with Crippen molar-refractivity contribution in [2.24, 2.45) is 0 Å². The molecule has 0 radical (unpaired) electrons. The van der Waals surface area contributed by atoms with Crippen molar-refractivity contribution in [3.63, 3.8) is 0 Å². The van der Waals surface area contributed by atoms with E-state index in [9.17, 15) is 0 Å². The molecular weight excluding hydrogens is 188 g/mol. The molecule has 1 aromatic heterocycles. The van der Waals surface area contributed by atoms with Crippen LogP contribution in [0.25, 0.3) is 0 Å². The molecule has 0 N–H and O–H groups in total. The molecule has 0 atom stereocenters. The molecule has 0 aliphatic carbocycles. The lowest BCUT2D eigenvalue weighted by atomic mass is 10.2. The fraction of sp³-hybridized carbons (Fsp3) is 0.583. The van der Waals surface area contributed by atoms with E-state index in [0.717, 1.165) is 45.0 Å². The van der Waals surface area contributed by atoms with E-state index >= 15 is 0 Å². The maximum absolute atomic E-state index is 5.42. The van der Waals surface area contributed by atoms with Crippen LogP contribution >= 0.6 is 0 Å². The van der Waals surface area contributed by atoms with E-state index in [4.69, 9.17) is 4.74 Å². The van der Waals surface area contributed by atoms with Crippen LogP contribution in [0.4, 0.5) is 0 Å². The van der Waals surface area contributed by atoms with Gasteiger partial charge in [-0.25, -0.2) is 0 Å². The van der Waals surface area contributed by atoms with Gasteiger partial charge in [0.25, 0.3) is 0 Å². The molecule has 1 saturated heterocycles. The third-order valence-electron chi connectivity index (χ3n) is 2.67. The number of hydrogen-bond acceptors (Lipinski definition) is 3. The Balaban J connectivity index is 1.92.